The van der Waals surface area contributed by atoms with E-state index < -0.39 is 15.3 Å². The summed E-state index contributed by atoms with van der Waals surface area (Å²) in [5.74, 6) is 0. The van der Waals surface area contributed by atoms with E-state index in [1.807, 2.05) is 6.07 Å². The van der Waals surface area contributed by atoms with Crippen LogP contribution in [0.4, 0.5) is 0 Å². The second-order valence-corrected chi connectivity index (χ2v) is 6.59. The second-order valence-electron chi connectivity index (χ2n) is 4.34. The minimum absolute atomic E-state index is 0.297. The lowest BCUT2D eigenvalue weighted by molar-refractivity contribution is 0.224. The van der Waals surface area contributed by atoms with E-state index in [1.54, 1.807) is 0 Å². The number of hydrogen-bond donors (Lipinski definition) is 0. The van der Waals surface area contributed by atoms with E-state index in [2.05, 4.69) is 18.7 Å². The zero-order chi connectivity index (χ0) is 13.1. The van der Waals surface area contributed by atoms with E-state index >= 15 is 0 Å². The quantitative estimate of drug-likeness (QED) is 0.727. The van der Waals surface area contributed by atoms with Crippen LogP contribution in [0.25, 0.3) is 0 Å². The predicted octanol–water partition coefficient (Wildman–Crippen LogP) is 0.644. The summed E-state index contributed by atoms with van der Waals surface area (Å²) in [6.45, 7) is 8.54. The highest BCUT2D eigenvalue weighted by molar-refractivity contribution is 7.89. The molecule has 0 aromatic carbocycles. The number of sulfonamides is 1. The van der Waals surface area contributed by atoms with Crippen molar-refractivity contribution >= 4 is 10.0 Å². The molecule has 6 heteroatoms. The Kier molecular flexibility index (Phi) is 4.92. The maximum Gasteiger partial charge on any atom is 0.230 e. The molecule has 0 N–H and O–H groups in total. The van der Waals surface area contributed by atoms with Crippen molar-refractivity contribution < 1.29 is 8.42 Å². The number of rotatable bonds is 5. The molecular weight excluding hydrogens is 238 g/mol. The summed E-state index contributed by atoms with van der Waals surface area (Å²) in [7, 11) is -3.43. The number of hydrogen-bond acceptors (Lipinski definition) is 4. The van der Waals surface area contributed by atoms with Crippen LogP contribution in [-0.4, -0.2) is 55.1 Å². The van der Waals surface area contributed by atoms with Crippen molar-refractivity contribution in [1.82, 2.24) is 9.21 Å². The van der Waals surface area contributed by atoms with Crippen molar-refractivity contribution in [3.63, 3.8) is 0 Å². The third-order valence-corrected chi connectivity index (χ3v) is 5.49. The molecule has 98 valence electrons. The third kappa shape index (κ3) is 2.97. The SMILES string of the molecule is CCN(CC)C1CCN(S(=O)(=O)C(C)C#N)C1. The molecule has 0 amide bonds. The molecular formula is C11H21N3O2S. The van der Waals surface area contributed by atoms with E-state index in [0.29, 0.717) is 19.1 Å². The molecule has 2 unspecified atom stereocenters. The van der Waals surface area contributed by atoms with Gasteiger partial charge >= 0.3 is 0 Å². The molecule has 0 aromatic heterocycles. The van der Waals surface area contributed by atoms with E-state index in [4.69, 9.17) is 5.26 Å². The van der Waals surface area contributed by atoms with Gasteiger partial charge in [0.15, 0.2) is 5.25 Å². The molecule has 0 spiro atoms. The van der Waals surface area contributed by atoms with Crippen molar-refractivity contribution in [3.8, 4) is 6.07 Å². The van der Waals surface area contributed by atoms with Gasteiger partial charge in [0.05, 0.1) is 6.07 Å². The highest BCUT2D eigenvalue weighted by Gasteiger charge is 2.36. The molecule has 1 saturated heterocycles. The first-order valence-corrected chi connectivity index (χ1v) is 7.60. The first-order valence-electron chi connectivity index (χ1n) is 6.10. The van der Waals surface area contributed by atoms with Gasteiger partial charge in [-0.25, -0.2) is 8.42 Å². The molecule has 0 bridgehead atoms. The van der Waals surface area contributed by atoms with Gasteiger partial charge in [0.1, 0.15) is 0 Å². The van der Waals surface area contributed by atoms with Crippen molar-refractivity contribution in [2.45, 2.75) is 38.5 Å². The molecule has 1 rings (SSSR count). The molecule has 1 fully saturated rings. The number of nitriles is 1. The maximum absolute atomic E-state index is 12.0. The molecule has 2 atom stereocenters. The van der Waals surface area contributed by atoms with E-state index in [-0.39, 0.29) is 0 Å². The van der Waals surface area contributed by atoms with Gasteiger partial charge < -0.3 is 0 Å². The molecule has 1 aliphatic rings. The average Bonchev–Trinajstić information content (AvgIpc) is 2.79. The van der Waals surface area contributed by atoms with Crippen molar-refractivity contribution in [3.05, 3.63) is 0 Å². The van der Waals surface area contributed by atoms with Crippen molar-refractivity contribution in [1.29, 1.82) is 5.26 Å². The Hall–Kier alpha value is -0.640. The fourth-order valence-electron chi connectivity index (χ4n) is 2.27. The molecule has 5 nitrogen and oxygen atoms in total. The smallest absolute Gasteiger partial charge is 0.230 e. The van der Waals surface area contributed by atoms with Crippen LogP contribution in [0.3, 0.4) is 0 Å². The Balaban J connectivity index is 2.71. The minimum atomic E-state index is -3.43. The largest absolute Gasteiger partial charge is 0.300 e. The summed E-state index contributed by atoms with van der Waals surface area (Å²) < 4.78 is 25.4. The lowest BCUT2D eigenvalue weighted by Crippen LogP contribution is -2.40. The number of likely N-dealkylation sites (N-methyl/N-ethyl adjacent to an activating group) is 1. The fraction of sp³-hybridized carbons (Fsp3) is 0.909. The Morgan fingerprint density at radius 2 is 2.06 bits per heavy atom. The van der Waals surface area contributed by atoms with Gasteiger partial charge in [-0.05, 0) is 26.4 Å². The van der Waals surface area contributed by atoms with Crippen LogP contribution in [0, 0.1) is 11.3 Å². The van der Waals surface area contributed by atoms with Crippen LogP contribution in [0.5, 0.6) is 0 Å². The van der Waals surface area contributed by atoms with Gasteiger partial charge in [0, 0.05) is 19.1 Å². The van der Waals surface area contributed by atoms with Gasteiger partial charge in [0.2, 0.25) is 10.0 Å². The highest BCUT2D eigenvalue weighted by atomic mass is 32.2. The molecule has 17 heavy (non-hydrogen) atoms. The fourth-order valence-corrected chi connectivity index (χ4v) is 3.59. The standard InChI is InChI=1S/C11H21N3O2S/c1-4-13(5-2)11-6-7-14(9-11)17(15,16)10(3)8-12/h10-11H,4-7,9H2,1-3H3. The van der Waals surface area contributed by atoms with Crippen LogP contribution in [0.2, 0.25) is 0 Å². The lowest BCUT2D eigenvalue weighted by atomic mass is 10.2. The normalized spacial score (nSPS) is 23.8. The van der Waals surface area contributed by atoms with E-state index in [9.17, 15) is 8.42 Å². The summed E-state index contributed by atoms with van der Waals surface area (Å²) in [5, 5.41) is 7.79. The zero-order valence-corrected chi connectivity index (χ0v) is 11.6. The molecule has 0 saturated carbocycles. The summed E-state index contributed by atoms with van der Waals surface area (Å²) >= 11 is 0. The molecule has 1 aliphatic heterocycles. The zero-order valence-electron chi connectivity index (χ0n) is 10.8. The van der Waals surface area contributed by atoms with Crippen LogP contribution in [0.1, 0.15) is 27.2 Å². The van der Waals surface area contributed by atoms with Gasteiger partial charge in [-0.3, -0.25) is 4.90 Å². The summed E-state index contributed by atoms with van der Waals surface area (Å²) in [6.07, 6.45) is 0.860. The van der Waals surface area contributed by atoms with Crippen molar-refractivity contribution in [2.24, 2.45) is 0 Å². The average molecular weight is 259 g/mol. The minimum Gasteiger partial charge on any atom is -0.300 e. The molecule has 0 aromatic rings. The maximum atomic E-state index is 12.0. The topological polar surface area (TPSA) is 64.4 Å². The molecule has 0 aliphatic carbocycles. The van der Waals surface area contributed by atoms with Crippen LogP contribution < -0.4 is 0 Å². The molecule has 0 radical (unpaired) electrons. The van der Waals surface area contributed by atoms with Crippen LogP contribution in [0.15, 0.2) is 0 Å². The first kappa shape index (κ1) is 14.4. The monoisotopic (exact) mass is 259 g/mol. The first-order chi connectivity index (χ1) is 7.97. The second kappa shape index (κ2) is 5.80. The predicted molar refractivity (Wildman–Crippen MR) is 66.9 cm³/mol. The van der Waals surface area contributed by atoms with Crippen LogP contribution >= 0.6 is 0 Å². The van der Waals surface area contributed by atoms with Gasteiger partial charge in [-0.1, -0.05) is 13.8 Å². The van der Waals surface area contributed by atoms with Gasteiger partial charge in [-0.15, -0.1) is 0 Å². The summed E-state index contributed by atoms with van der Waals surface area (Å²) in [4.78, 5) is 2.27. The Morgan fingerprint density at radius 1 is 1.47 bits per heavy atom. The van der Waals surface area contributed by atoms with E-state index in [0.717, 1.165) is 19.5 Å². The van der Waals surface area contributed by atoms with Crippen LogP contribution in [-0.2, 0) is 10.0 Å². The van der Waals surface area contributed by atoms with E-state index in [1.165, 1.54) is 11.2 Å². The molecule has 1 heterocycles. The Morgan fingerprint density at radius 3 is 2.53 bits per heavy atom. The Labute approximate surface area is 104 Å². The summed E-state index contributed by atoms with van der Waals surface area (Å²) in [5.41, 5.74) is 0. The highest BCUT2D eigenvalue weighted by Crippen LogP contribution is 2.20. The lowest BCUT2D eigenvalue weighted by Gasteiger charge is -2.26. The van der Waals surface area contributed by atoms with Gasteiger partial charge in [0.25, 0.3) is 0 Å². The van der Waals surface area contributed by atoms with Crippen molar-refractivity contribution in [2.75, 3.05) is 26.2 Å². The summed E-state index contributed by atoms with van der Waals surface area (Å²) in [6, 6.07) is 2.11. The Bertz CT molecular complexity index is 384. The third-order valence-electron chi connectivity index (χ3n) is 3.44. The number of nitrogens with zero attached hydrogens (tertiary/aromatic N) is 3. The van der Waals surface area contributed by atoms with Gasteiger partial charge in [-0.2, -0.15) is 9.57 Å².